The highest BCUT2D eigenvalue weighted by atomic mass is 16.5. The number of aryl methyl sites for hydroxylation is 1. The summed E-state index contributed by atoms with van der Waals surface area (Å²) in [6.07, 6.45) is 9.35. The lowest BCUT2D eigenvalue weighted by molar-refractivity contribution is 0.183. The zero-order valence-electron chi connectivity index (χ0n) is 16.0. The summed E-state index contributed by atoms with van der Waals surface area (Å²) >= 11 is 0. The van der Waals surface area contributed by atoms with Crippen molar-refractivity contribution in [2.24, 2.45) is 0 Å². The van der Waals surface area contributed by atoms with E-state index in [0.717, 1.165) is 36.3 Å². The van der Waals surface area contributed by atoms with Gasteiger partial charge in [0.25, 0.3) is 5.56 Å². The van der Waals surface area contributed by atoms with E-state index in [1.807, 2.05) is 12.1 Å². The molecule has 2 aliphatic rings. The van der Waals surface area contributed by atoms with Gasteiger partial charge < -0.3 is 10.1 Å². The molecular weight excluding hydrogens is 368 g/mol. The van der Waals surface area contributed by atoms with Crippen LogP contribution in [0.15, 0.2) is 47.8 Å². The number of pyridine rings is 1. The van der Waals surface area contributed by atoms with E-state index in [0.29, 0.717) is 18.9 Å². The van der Waals surface area contributed by atoms with Gasteiger partial charge in [-0.1, -0.05) is 0 Å². The van der Waals surface area contributed by atoms with Gasteiger partial charge in [-0.15, -0.1) is 0 Å². The van der Waals surface area contributed by atoms with Crippen molar-refractivity contribution in [3.8, 4) is 11.3 Å². The van der Waals surface area contributed by atoms with Crippen molar-refractivity contribution < 1.29 is 4.74 Å². The zero-order chi connectivity index (χ0) is 19.6. The van der Waals surface area contributed by atoms with Gasteiger partial charge in [0, 0.05) is 35.3 Å². The van der Waals surface area contributed by atoms with E-state index in [1.54, 1.807) is 30.9 Å². The summed E-state index contributed by atoms with van der Waals surface area (Å²) in [5, 5.41) is 8.13. The molecule has 3 aromatic rings. The van der Waals surface area contributed by atoms with Gasteiger partial charge in [-0.25, -0.2) is 14.6 Å². The van der Waals surface area contributed by atoms with Gasteiger partial charge in [0.2, 0.25) is 0 Å². The average molecular weight is 390 g/mol. The van der Waals surface area contributed by atoms with Crippen LogP contribution in [0.2, 0.25) is 0 Å². The Bertz CT molecular complexity index is 1070. The van der Waals surface area contributed by atoms with E-state index in [1.165, 1.54) is 16.7 Å². The molecule has 2 unspecified atom stereocenters. The first-order valence-corrected chi connectivity index (χ1v) is 9.97. The Labute approximate surface area is 168 Å². The van der Waals surface area contributed by atoms with E-state index >= 15 is 0 Å². The minimum absolute atomic E-state index is 0.0923. The summed E-state index contributed by atoms with van der Waals surface area (Å²) in [4.78, 5) is 25.7. The van der Waals surface area contributed by atoms with Crippen LogP contribution in [0.3, 0.4) is 0 Å². The van der Waals surface area contributed by atoms with Gasteiger partial charge in [0.05, 0.1) is 24.9 Å². The second kappa shape index (κ2) is 7.71. The molecule has 3 aromatic heterocycles. The molecule has 1 aliphatic carbocycles. The van der Waals surface area contributed by atoms with Crippen molar-refractivity contribution >= 4 is 5.82 Å². The molecular formula is C21H22N6O2. The minimum atomic E-state index is -0.215. The number of hydrogen-bond acceptors (Lipinski definition) is 7. The Morgan fingerprint density at radius 2 is 2.03 bits per heavy atom. The zero-order valence-corrected chi connectivity index (χ0v) is 16.0. The number of fused-ring (bicyclic) bond motifs is 1. The quantitative estimate of drug-likeness (QED) is 0.728. The maximum Gasteiger partial charge on any atom is 0.267 e. The number of anilines is 1. The Hall–Kier alpha value is -3.13. The maximum absolute atomic E-state index is 12.6. The molecule has 0 spiro atoms. The molecule has 0 radical (unpaired) electrons. The lowest BCUT2D eigenvalue weighted by atomic mass is 9.96. The molecule has 1 N–H and O–H groups in total. The van der Waals surface area contributed by atoms with Gasteiger partial charge in [-0.3, -0.25) is 9.78 Å². The first kappa shape index (κ1) is 17.9. The lowest BCUT2D eigenvalue weighted by Crippen LogP contribution is -2.37. The first-order valence-electron chi connectivity index (χ1n) is 9.97. The predicted molar refractivity (Wildman–Crippen MR) is 108 cm³/mol. The summed E-state index contributed by atoms with van der Waals surface area (Å²) < 4.78 is 7.25. The molecule has 8 nitrogen and oxygen atoms in total. The first-order chi connectivity index (χ1) is 14.3. The molecule has 1 saturated heterocycles. The van der Waals surface area contributed by atoms with Crippen molar-refractivity contribution in [2.75, 3.05) is 18.5 Å². The summed E-state index contributed by atoms with van der Waals surface area (Å²) in [6.45, 7) is 0.920. The topological polar surface area (TPSA) is 94.8 Å². The number of nitrogens with zero attached hydrogens (tertiary/aromatic N) is 5. The highest BCUT2D eigenvalue weighted by molar-refractivity contribution is 5.56. The molecule has 8 heteroatoms. The normalized spacial score (nSPS) is 21.0. The second-order valence-corrected chi connectivity index (χ2v) is 7.45. The Morgan fingerprint density at radius 3 is 2.93 bits per heavy atom. The van der Waals surface area contributed by atoms with E-state index in [-0.39, 0.29) is 17.6 Å². The molecule has 148 valence electrons. The summed E-state index contributed by atoms with van der Waals surface area (Å²) in [5.74, 6) is 0.853. The molecule has 4 heterocycles. The van der Waals surface area contributed by atoms with Crippen molar-refractivity contribution in [3.05, 3.63) is 64.6 Å². The molecule has 0 aromatic carbocycles. The monoisotopic (exact) mass is 390 g/mol. The van der Waals surface area contributed by atoms with Crippen LogP contribution in [0.25, 0.3) is 11.3 Å². The molecule has 0 saturated carbocycles. The van der Waals surface area contributed by atoms with E-state index in [4.69, 9.17) is 4.74 Å². The standard InChI is InChI=1S/C21H22N6O2/c28-20-8-7-16(14-4-3-9-22-10-14)26-27(20)19-12-29-11-18(19)25-21-15-5-1-2-6-17(15)23-13-24-21/h3-4,7-10,13,18-19H,1-2,5-6,11-12H2,(H,23,24,25). The van der Waals surface area contributed by atoms with Crippen molar-refractivity contribution in [2.45, 2.75) is 37.8 Å². The van der Waals surface area contributed by atoms with Crippen LogP contribution in [0.4, 0.5) is 5.82 Å². The van der Waals surface area contributed by atoms with Crippen molar-refractivity contribution in [1.29, 1.82) is 0 Å². The molecule has 1 fully saturated rings. The van der Waals surface area contributed by atoms with E-state index in [2.05, 4.69) is 25.4 Å². The van der Waals surface area contributed by atoms with E-state index < -0.39 is 0 Å². The Balaban J connectivity index is 1.45. The number of nitrogens with one attached hydrogen (secondary N) is 1. The fourth-order valence-corrected chi connectivity index (χ4v) is 4.07. The summed E-state index contributed by atoms with van der Waals surface area (Å²) in [7, 11) is 0. The largest absolute Gasteiger partial charge is 0.377 e. The lowest BCUT2D eigenvalue weighted by Gasteiger charge is -2.24. The molecule has 0 amide bonds. The van der Waals surface area contributed by atoms with Gasteiger partial charge in [0.1, 0.15) is 18.2 Å². The van der Waals surface area contributed by atoms with Crippen LogP contribution in [0.5, 0.6) is 0 Å². The van der Waals surface area contributed by atoms with Crippen LogP contribution in [0.1, 0.15) is 30.1 Å². The summed E-state index contributed by atoms with van der Waals surface area (Å²) in [5.41, 5.74) is 3.74. The third kappa shape index (κ3) is 3.51. The number of hydrogen-bond donors (Lipinski definition) is 1. The smallest absolute Gasteiger partial charge is 0.267 e. The SMILES string of the molecule is O=c1ccc(-c2cccnc2)nn1C1COCC1Nc1ncnc2c1CCCC2. The molecule has 1 aliphatic heterocycles. The van der Waals surface area contributed by atoms with Gasteiger partial charge in [-0.2, -0.15) is 5.10 Å². The molecule has 5 rings (SSSR count). The Morgan fingerprint density at radius 1 is 1.10 bits per heavy atom. The number of ether oxygens (including phenoxy) is 1. The van der Waals surface area contributed by atoms with E-state index in [9.17, 15) is 4.79 Å². The molecule has 29 heavy (non-hydrogen) atoms. The third-order valence-corrected chi connectivity index (χ3v) is 5.59. The molecule has 2 atom stereocenters. The fourth-order valence-electron chi connectivity index (χ4n) is 4.07. The number of rotatable bonds is 4. The molecule has 0 bridgehead atoms. The van der Waals surface area contributed by atoms with Crippen molar-refractivity contribution in [1.82, 2.24) is 24.7 Å². The number of aromatic nitrogens is 5. The van der Waals surface area contributed by atoms with Crippen LogP contribution in [-0.2, 0) is 17.6 Å². The fraction of sp³-hybridized carbons (Fsp3) is 0.381. The predicted octanol–water partition coefficient (Wildman–Crippen LogP) is 2.03. The second-order valence-electron chi connectivity index (χ2n) is 7.45. The highest BCUT2D eigenvalue weighted by Gasteiger charge is 2.32. The van der Waals surface area contributed by atoms with Gasteiger partial charge in [0.15, 0.2) is 0 Å². The van der Waals surface area contributed by atoms with Gasteiger partial charge >= 0.3 is 0 Å². The van der Waals surface area contributed by atoms with Crippen LogP contribution < -0.4 is 10.9 Å². The Kier molecular flexibility index (Phi) is 4.77. The van der Waals surface area contributed by atoms with Crippen LogP contribution >= 0.6 is 0 Å². The average Bonchev–Trinajstić information content (AvgIpc) is 3.23. The van der Waals surface area contributed by atoms with Gasteiger partial charge in [-0.05, 0) is 43.9 Å². The maximum atomic E-state index is 12.6. The highest BCUT2D eigenvalue weighted by Crippen LogP contribution is 2.28. The minimum Gasteiger partial charge on any atom is -0.377 e. The summed E-state index contributed by atoms with van der Waals surface area (Å²) in [6, 6.07) is 6.76. The van der Waals surface area contributed by atoms with Crippen molar-refractivity contribution in [3.63, 3.8) is 0 Å². The third-order valence-electron chi connectivity index (χ3n) is 5.59. The van der Waals surface area contributed by atoms with Crippen LogP contribution in [0, 0.1) is 0 Å². The van der Waals surface area contributed by atoms with Crippen LogP contribution in [-0.4, -0.2) is 44.0 Å².